The van der Waals surface area contributed by atoms with Gasteiger partial charge >= 0.3 is 0 Å². The Labute approximate surface area is 263 Å². The van der Waals surface area contributed by atoms with E-state index in [1.807, 2.05) is 0 Å². The Morgan fingerprint density at radius 2 is 1.58 bits per heavy atom. The second-order valence-corrected chi connectivity index (χ2v) is 14.0. The molecular formula is C29H54N6O10. The van der Waals surface area contributed by atoms with Gasteiger partial charge in [0.25, 0.3) is 0 Å². The number of rotatable bonds is 12. The van der Waals surface area contributed by atoms with E-state index in [1.54, 1.807) is 0 Å². The summed E-state index contributed by atoms with van der Waals surface area (Å²) in [4.78, 5) is 13.2. The second kappa shape index (κ2) is 14.7. The van der Waals surface area contributed by atoms with Crippen LogP contribution in [0.2, 0.25) is 0 Å². The average Bonchev–Trinajstić information content (AvgIpc) is 2.98. The normalized spacial score (nSPS) is 50.4. The number of nitrogens with one attached hydrogen (secondary N) is 1. The largest absolute Gasteiger partial charge is 0.394 e. The van der Waals surface area contributed by atoms with E-state index in [4.69, 9.17) is 47.6 Å². The lowest BCUT2D eigenvalue weighted by Gasteiger charge is -2.49. The first-order valence-electron chi connectivity index (χ1n) is 16.3. The van der Waals surface area contributed by atoms with Gasteiger partial charge in [0.15, 0.2) is 18.4 Å². The molecule has 13 atom stereocenters. The predicted octanol–water partition coefficient (Wildman–Crippen LogP) is -4.80. The maximum Gasteiger partial charge on any atom is 0.186 e. The summed E-state index contributed by atoms with van der Waals surface area (Å²) in [6, 6.07) is -2.23. The van der Waals surface area contributed by atoms with Crippen LogP contribution in [0.25, 0.3) is 0 Å². The van der Waals surface area contributed by atoms with Crippen molar-refractivity contribution in [2.75, 3.05) is 19.7 Å². The van der Waals surface area contributed by atoms with Gasteiger partial charge in [-0.3, -0.25) is 4.79 Å². The average molecular weight is 647 g/mol. The fourth-order valence-corrected chi connectivity index (χ4v) is 7.54. The molecule has 16 N–H and O–H groups in total. The molecule has 3 aliphatic carbocycles. The standard InChI is InChI=1S/C29H54N6O10/c30-9-16-1-2-18(35-10-12-3-14(31)4-12)27(42-16)45-26-17(33)5-13(6-20(37)29(41)7-15(32)8-29)25(24(26)40)44-28-23(39)21(34)22(38)19(11-36)43-28/h12-19,21-28,35-36,38-41H,1-11,30-34H2/t12?,13-,14?,15?,16-,17-,18+,19+,21-,22+,23+,24+,25-,26?,27+,28+,29?/m0/s1. The SMILES string of the molecule is NC[C@@H]1CC[C@@H](NCC2CC(N)C2)[C@@H](OC2[C@@H](N)C[C@@H](CC(=O)C3(O)CC(N)C3)[C@H](O[C@H]3O[C@H](CO)[C@@H](O)[C@H](N)[C@H]3O)[C@H]2O)O1. The van der Waals surface area contributed by atoms with Crippen LogP contribution >= 0.6 is 0 Å². The molecule has 260 valence electrons. The van der Waals surface area contributed by atoms with Gasteiger partial charge < -0.3 is 78.5 Å². The van der Waals surface area contributed by atoms with E-state index in [1.165, 1.54) is 0 Å². The molecule has 0 aromatic carbocycles. The van der Waals surface area contributed by atoms with Gasteiger partial charge in [-0.15, -0.1) is 0 Å². The molecule has 0 aromatic rings. The third kappa shape index (κ3) is 7.71. The number of carbonyl (C=O) groups is 1. The molecule has 5 rings (SSSR count). The molecule has 1 unspecified atom stereocenters. The van der Waals surface area contributed by atoms with E-state index >= 15 is 0 Å². The summed E-state index contributed by atoms with van der Waals surface area (Å²) in [6.07, 6.45) is -6.57. The quantitative estimate of drug-likeness (QED) is 0.0948. The van der Waals surface area contributed by atoms with Crippen LogP contribution in [0.4, 0.5) is 0 Å². The lowest BCUT2D eigenvalue weighted by molar-refractivity contribution is -0.318. The van der Waals surface area contributed by atoms with E-state index in [0.717, 1.165) is 32.2 Å². The van der Waals surface area contributed by atoms with Crippen LogP contribution in [-0.2, 0) is 23.7 Å². The molecule has 0 amide bonds. The Morgan fingerprint density at radius 1 is 0.889 bits per heavy atom. The summed E-state index contributed by atoms with van der Waals surface area (Å²) in [5.41, 5.74) is 28.7. The lowest BCUT2D eigenvalue weighted by Crippen LogP contribution is -2.66. The van der Waals surface area contributed by atoms with Crippen LogP contribution in [0.5, 0.6) is 0 Å². The highest BCUT2D eigenvalue weighted by Crippen LogP contribution is 2.39. The fourth-order valence-electron chi connectivity index (χ4n) is 7.54. The van der Waals surface area contributed by atoms with E-state index in [2.05, 4.69) is 5.32 Å². The number of ether oxygens (including phenoxy) is 4. The van der Waals surface area contributed by atoms with E-state index in [9.17, 15) is 30.3 Å². The Hall–Kier alpha value is -0.930. The first-order valence-corrected chi connectivity index (χ1v) is 16.3. The monoisotopic (exact) mass is 646 g/mol. The minimum absolute atomic E-state index is 0.127. The topological polar surface area (TPSA) is 297 Å². The zero-order valence-electron chi connectivity index (χ0n) is 25.7. The van der Waals surface area contributed by atoms with Gasteiger partial charge in [-0.05, 0) is 63.3 Å². The van der Waals surface area contributed by atoms with Crippen molar-refractivity contribution >= 4 is 5.78 Å². The second-order valence-electron chi connectivity index (χ2n) is 14.0. The molecule has 45 heavy (non-hydrogen) atoms. The van der Waals surface area contributed by atoms with Gasteiger partial charge in [0, 0.05) is 31.1 Å². The number of nitrogens with two attached hydrogens (primary N) is 5. The Bertz CT molecular complexity index is 987. The Morgan fingerprint density at radius 3 is 2.20 bits per heavy atom. The van der Waals surface area contributed by atoms with Crippen molar-refractivity contribution in [3.8, 4) is 0 Å². The molecule has 0 bridgehead atoms. The molecule has 5 fully saturated rings. The van der Waals surface area contributed by atoms with Gasteiger partial charge in [0.2, 0.25) is 0 Å². The molecule has 2 aliphatic heterocycles. The van der Waals surface area contributed by atoms with Gasteiger partial charge in [-0.1, -0.05) is 0 Å². The zero-order valence-corrected chi connectivity index (χ0v) is 25.7. The van der Waals surface area contributed by atoms with Crippen LogP contribution in [0, 0.1) is 11.8 Å². The van der Waals surface area contributed by atoms with Crippen molar-refractivity contribution in [1.29, 1.82) is 0 Å². The number of hydrogen-bond donors (Lipinski definition) is 11. The molecule has 0 aromatic heterocycles. The number of hydrogen-bond acceptors (Lipinski definition) is 16. The fraction of sp³-hybridized carbons (Fsp3) is 0.966. The van der Waals surface area contributed by atoms with Crippen LogP contribution in [-0.4, -0.2) is 142 Å². The number of aliphatic hydroxyl groups excluding tert-OH is 4. The van der Waals surface area contributed by atoms with E-state index < -0.39 is 85.2 Å². The predicted molar refractivity (Wildman–Crippen MR) is 159 cm³/mol. The first-order chi connectivity index (χ1) is 21.3. The summed E-state index contributed by atoms with van der Waals surface area (Å²) >= 11 is 0. The molecule has 16 heteroatoms. The van der Waals surface area contributed by atoms with Crippen molar-refractivity contribution in [2.24, 2.45) is 40.5 Å². The number of ketones is 1. The van der Waals surface area contributed by atoms with Crippen molar-refractivity contribution in [1.82, 2.24) is 5.32 Å². The number of carbonyl (C=O) groups excluding carboxylic acids is 1. The summed E-state index contributed by atoms with van der Waals surface area (Å²) in [5.74, 6) is -0.704. The highest BCUT2D eigenvalue weighted by molar-refractivity contribution is 5.88. The van der Waals surface area contributed by atoms with Crippen molar-refractivity contribution in [2.45, 2.75) is 142 Å². The van der Waals surface area contributed by atoms with Gasteiger partial charge in [-0.25, -0.2) is 0 Å². The van der Waals surface area contributed by atoms with Gasteiger partial charge in [0.05, 0.1) is 30.9 Å². The third-order valence-electron chi connectivity index (χ3n) is 10.5. The Kier molecular flexibility index (Phi) is 11.5. The van der Waals surface area contributed by atoms with Crippen molar-refractivity contribution < 1.29 is 49.3 Å². The lowest BCUT2D eigenvalue weighted by atomic mass is 9.69. The summed E-state index contributed by atoms with van der Waals surface area (Å²) < 4.78 is 24.4. The molecule has 2 heterocycles. The third-order valence-corrected chi connectivity index (χ3v) is 10.5. The Balaban J connectivity index is 1.33. The van der Waals surface area contributed by atoms with Gasteiger partial charge in [0.1, 0.15) is 36.1 Å². The molecule has 0 spiro atoms. The van der Waals surface area contributed by atoms with Crippen LogP contribution < -0.4 is 34.0 Å². The highest BCUT2D eigenvalue weighted by Gasteiger charge is 2.53. The smallest absolute Gasteiger partial charge is 0.186 e. The summed E-state index contributed by atoms with van der Waals surface area (Å²) in [5, 5.41) is 56.9. The molecular weight excluding hydrogens is 592 g/mol. The summed E-state index contributed by atoms with van der Waals surface area (Å²) in [6.45, 7) is 0.440. The minimum Gasteiger partial charge on any atom is -0.394 e. The molecule has 0 radical (unpaired) electrons. The van der Waals surface area contributed by atoms with Gasteiger partial charge in [-0.2, -0.15) is 0 Å². The summed E-state index contributed by atoms with van der Waals surface area (Å²) in [7, 11) is 0. The minimum atomic E-state index is -1.57. The van der Waals surface area contributed by atoms with E-state index in [0.29, 0.717) is 12.5 Å². The van der Waals surface area contributed by atoms with Crippen LogP contribution in [0.3, 0.4) is 0 Å². The van der Waals surface area contributed by atoms with Crippen LogP contribution in [0.15, 0.2) is 0 Å². The van der Waals surface area contributed by atoms with E-state index in [-0.39, 0.29) is 49.9 Å². The van der Waals surface area contributed by atoms with Crippen LogP contribution in [0.1, 0.15) is 51.4 Å². The molecule has 16 nitrogen and oxygen atoms in total. The highest BCUT2D eigenvalue weighted by atomic mass is 16.7. The molecule has 3 saturated carbocycles. The number of aliphatic hydroxyl groups is 5. The maximum absolute atomic E-state index is 13.2. The maximum atomic E-state index is 13.2. The molecule has 2 saturated heterocycles. The number of Topliss-reactive ketones (excluding diaryl/α,β-unsaturated/α-hetero) is 1. The van der Waals surface area contributed by atoms with Crippen molar-refractivity contribution in [3.05, 3.63) is 0 Å². The first kappa shape index (κ1) is 35.4. The molecule has 5 aliphatic rings. The van der Waals surface area contributed by atoms with Crippen molar-refractivity contribution in [3.63, 3.8) is 0 Å². The zero-order chi connectivity index (χ0) is 32.6.